The second-order valence-corrected chi connectivity index (χ2v) is 9.21. The van der Waals surface area contributed by atoms with Crippen LogP contribution in [0.15, 0.2) is 0 Å². The highest BCUT2D eigenvalue weighted by molar-refractivity contribution is 4.60. The molecule has 0 aromatic heterocycles. The Labute approximate surface area is 180 Å². The first-order valence-electron chi connectivity index (χ1n) is 13.6. The Balaban J connectivity index is 3.52. The molecular weight excluding hydrogens is 338 g/mol. The van der Waals surface area contributed by atoms with Gasteiger partial charge in [-0.05, 0) is 38.9 Å². The summed E-state index contributed by atoms with van der Waals surface area (Å²) in [7, 11) is 0. The quantitative estimate of drug-likeness (QED) is 0.147. The molecule has 1 nitrogen and oxygen atoms in total. The van der Waals surface area contributed by atoms with Crippen LogP contribution >= 0.6 is 0 Å². The number of hydrogen-bond donors (Lipinski definition) is 0. The van der Waals surface area contributed by atoms with E-state index in [1.807, 2.05) is 0 Å². The smallest absolute Gasteiger partial charge is 0.00187 e. The molecule has 0 amide bonds. The van der Waals surface area contributed by atoms with Gasteiger partial charge >= 0.3 is 0 Å². The van der Waals surface area contributed by atoms with E-state index in [9.17, 15) is 0 Å². The van der Waals surface area contributed by atoms with E-state index < -0.39 is 0 Å². The predicted molar refractivity (Wildman–Crippen MR) is 130 cm³/mol. The number of unbranched alkanes of at least 4 members (excludes halogenated alkanes) is 18. The lowest BCUT2D eigenvalue weighted by Gasteiger charge is -2.22. The molecule has 0 aliphatic heterocycles. The molecule has 0 aromatic carbocycles. The van der Waals surface area contributed by atoms with Crippen molar-refractivity contribution in [3.8, 4) is 0 Å². The molecule has 28 heavy (non-hydrogen) atoms. The maximum atomic E-state index is 2.77. The number of rotatable bonds is 24. The zero-order chi connectivity index (χ0) is 20.5. The fourth-order valence-corrected chi connectivity index (χ4v) is 4.19. The average molecular weight is 396 g/mol. The fourth-order valence-electron chi connectivity index (χ4n) is 4.19. The monoisotopic (exact) mass is 395 g/mol. The summed E-state index contributed by atoms with van der Waals surface area (Å²) in [6, 6.07) is 0. The van der Waals surface area contributed by atoms with Crippen molar-refractivity contribution in [1.29, 1.82) is 0 Å². The van der Waals surface area contributed by atoms with Gasteiger partial charge in [-0.2, -0.15) is 0 Å². The van der Waals surface area contributed by atoms with Gasteiger partial charge in [0.2, 0.25) is 0 Å². The second-order valence-electron chi connectivity index (χ2n) is 9.21. The van der Waals surface area contributed by atoms with Crippen LogP contribution in [0.3, 0.4) is 0 Å². The molecule has 0 spiro atoms. The van der Waals surface area contributed by atoms with E-state index >= 15 is 0 Å². The third kappa shape index (κ3) is 22.3. The molecular formula is C27H57N. The van der Waals surface area contributed by atoms with E-state index in [4.69, 9.17) is 0 Å². The number of nitrogens with zero attached hydrogens (tertiary/aromatic N) is 1. The van der Waals surface area contributed by atoms with E-state index in [2.05, 4.69) is 25.7 Å². The van der Waals surface area contributed by atoms with Crippen molar-refractivity contribution < 1.29 is 0 Å². The van der Waals surface area contributed by atoms with Gasteiger partial charge in [-0.25, -0.2) is 0 Å². The highest BCUT2D eigenvalue weighted by atomic mass is 15.1. The van der Waals surface area contributed by atoms with Crippen LogP contribution in [0.25, 0.3) is 0 Å². The summed E-state index contributed by atoms with van der Waals surface area (Å²) in [5, 5.41) is 0. The largest absolute Gasteiger partial charge is 0.303 e. The van der Waals surface area contributed by atoms with Gasteiger partial charge < -0.3 is 4.90 Å². The Morgan fingerprint density at radius 2 is 0.536 bits per heavy atom. The van der Waals surface area contributed by atoms with Crippen LogP contribution in [-0.2, 0) is 0 Å². The summed E-state index contributed by atoms with van der Waals surface area (Å²) < 4.78 is 0. The summed E-state index contributed by atoms with van der Waals surface area (Å²) in [5.74, 6) is 0. The van der Waals surface area contributed by atoms with Crippen LogP contribution in [0, 0.1) is 0 Å². The zero-order valence-corrected chi connectivity index (χ0v) is 20.4. The van der Waals surface area contributed by atoms with E-state index in [1.54, 1.807) is 0 Å². The highest BCUT2D eigenvalue weighted by Crippen LogP contribution is 2.12. The van der Waals surface area contributed by atoms with Gasteiger partial charge in [0.15, 0.2) is 0 Å². The van der Waals surface area contributed by atoms with Crippen molar-refractivity contribution in [2.24, 2.45) is 0 Å². The van der Waals surface area contributed by atoms with Crippen LogP contribution in [-0.4, -0.2) is 24.5 Å². The molecule has 0 fully saturated rings. The average Bonchev–Trinajstić information content (AvgIpc) is 2.71. The standard InChI is InChI=1S/C27H57N/c1-4-7-10-12-14-16-18-20-22-24-27-28(25-9-6-3)26-23-21-19-17-15-13-11-8-5-2/h4-27H2,1-3H3. The molecule has 0 aliphatic rings. The molecule has 0 saturated heterocycles. The molecule has 0 aliphatic carbocycles. The molecule has 0 bridgehead atoms. The van der Waals surface area contributed by atoms with Gasteiger partial charge in [-0.1, -0.05) is 136 Å². The zero-order valence-electron chi connectivity index (χ0n) is 20.4. The van der Waals surface area contributed by atoms with E-state index in [-0.39, 0.29) is 0 Å². The van der Waals surface area contributed by atoms with Gasteiger partial charge in [0.05, 0.1) is 0 Å². The number of hydrogen-bond acceptors (Lipinski definition) is 1. The van der Waals surface area contributed by atoms with Crippen molar-refractivity contribution in [3.05, 3.63) is 0 Å². The van der Waals surface area contributed by atoms with Crippen LogP contribution in [0.5, 0.6) is 0 Å². The summed E-state index contributed by atoms with van der Waals surface area (Å²) >= 11 is 0. The topological polar surface area (TPSA) is 3.24 Å². The molecule has 0 atom stereocenters. The van der Waals surface area contributed by atoms with Gasteiger partial charge in [-0.3, -0.25) is 0 Å². The van der Waals surface area contributed by atoms with Crippen molar-refractivity contribution in [2.45, 2.75) is 156 Å². The first-order chi connectivity index (χ1) is 13.8. The Morgan fingerprint density at radius 3 is 0.857 bits per heavy atom. The Kier molecular flexibility index (Phi) is 25.0. The van der Waals surface area contributed by atoms with Crippen molar-refractivity contribution >= 4 is 0 Å². The third-order valence-corrected chi connectivity index (χ3v) is 6.23. The summed E-state index contributed by atoms with van der Waals surface area (Å²) in [5.41, 5.74) is 0. The minimum Gasteiger partial charge on any atom is -0.303 e. The Bertz CT molecular complexity index is 263. The molecule has 1 heteroatoms. The lowest BCUT2D eigenvalue weighted by molar-refractivity contribution is 0.256. The molecule has 0 saturated carbocycles. The third-order valence-electron chi connectivity index (χ3n) is 6.23. The first kappa shape index (κ1) is 28.0. The van der Waals surface area contributed by atoms with Crippen molar-refractivity contribution in [2.75, 3.05) is 19.6 Å². The van der Waals surface area contributed by atoms with Gasteiger partial charge in [-0.15, -0.1) is 0 Å². The highest BCUT2D eigenvalue weighted by Gasteiger charge is 2.04. The van der Waals surface area contributed by atoms with Crippen LogP contribution in [0.2, 0.25) is 0 Å². The van der Waals surface area contributed by atoms with Crippen LogP contribution < -0.4 is 0 Å². The molecule has 0 aromatic rings. The molecule has 0 rings (SSSR count). The van der Waals surface area contributed by atoms with Crippen LogP contribution in [0.1, 0.15) is 156 Å². The van der Waals surface area contributed by atoms with E-state index in [0.29, 0.717) is 0 Å². The predicted octanol–water partition coefficient (Wildman–Crippen LogP) is 9.54. The minimum atomic E-state index is 1.34. The maximum Gasteiger partial charge on any atom is -0.00187 e. The summed E-state index contributed by atoms with van der Waals surface area (Å²) in [6.45, 7) is 11.0. The van der Waals surface area contributed by atoms with Crippen molar-refractivity contribution in [3.63, 3.8) is 0 Å². The normalized spacial score (nSPS) is 11.6. The second kappa shape index (κ2) is 25.0. The van der Waals surface area contributed by atoms with Gasteiger partial charge in [0, 0.05) is 0 Å². The minimum absolute atomic E-state index is 1.34. The molecule has 0 radical (unpaired) electrons. The van der Waals surface area contributed by atoms with Gasteiger partial charge in [0.1, 0.15) is 0 Å². The van der Waals surface area contributed by atoms with E-state index in [1.165, 1.54) is 154 Å². The molecule has 0 N–H and O–H groups in total. The SMILES string of the molecule is CCCCCCCCCCCCN(CCCC)CCCCCCCCCCC. The van der Waals surface area contributed by atoms with Gasteiger partial charge in [0.25, 0.3) is 0 Å². The van der Waals surface area contributed by atoms with E-state index in [0.717, 1.165) is 0 Å². The molecule has 0 heterocycles. The molecule has 170 valence electrons. The lowest BCUT2D eigenvalue weighted by atomic mass is 10.1. The van der Waals surface area contributed by atoms with Crippen LogP contribution in [0.4, 0.5) is 0 Å². The Morgan fingerprint density at radius 1 is 0.286 bits per heavy atom. The maximum absolute atomic E-state index is 2.77. The lowest BCUT2D eigenvalue weighted by Crippen LogP contribution is -2.27. The van der Waals surface area contributed by atoms with Crippen molar-refractivity contribution in [1.82, 2.24) is 4.90 Å². The first-order valence-corrected chi connectivity index (χ1v) is 13.6. The Hall–Kier alpha value is -0.0400. The summed E-state index contributed by atoms with van der Waals surface area (Å²) in [6.07, 6.45) is 30.2. The summed E-state index contributed by atoms with van der Waals surface area (Å²) in [4.78, 5) is 2.77. The fraction of sp³-hybridized carbons (Fsp3) is 1.00. The molecule has 0 unspecified atom stereocenters.